The fraction of sp³-hybridized carbons (Fsp3) is 0.500. The van der Waals surface area contributed by atoms with Crippen LogP contribution in [0.4, 0.5) is 10.1 Å². The van der Waals surface area contributed by atoms with Crippen LogP contribution in [0.15, 0.2) is 18.2 Å². The Morgan fingerprint density at radius 3 is 3.06 bits per heavy atom. The predicted molar refractivity (Wildman–Crippen MR) is 69.9 cm³/mol. The smallest absolute Gasteiger partial charge is 0.141 e. The Morgan fingerprint density at radius 2 is 2.33 bits per heavy atom. The standard InChI is InChI=1S/C14H18FN3/c1-18-7-3-2-4-13(18)10-17-12-5-6-14(15)11(8-12)9-16/h5-6,8,13,17H,2-4,7,10H2,1H3. The monoisotopic (exact) mass is 247 g/mol. The van der Waals surface area contributed by atoms with Gasteiger partial charge in [0.05, 0.1) is 5.56 Å². The first-order valence-corrected chi connectivity index (χ1v) is 6.34. The first-order chi connectivity index (χ1) is 8.70. The molecule has 0 aromatic heterocycles. The largest absolute Gasteiger partial charge is 0.383 e. The van der Waals surface area contributed by atoms with E-state index in [-0.39, 0.29) is 5.56 Å². The molecule has 4 heteroatoms. The third kappa shape index (κ3) is 2.99. The Balaban J connectivity index is 1.95. The van der Waals surface area contributed by atoms with Crippen molar-refractivity contribution in [2.75, 3.05) is 25.5 Å². The second-order valence-electron chi connectivity index (χ2n) is 4.82. The van der Waals surface area contributed by atoms with Crippen molar-refractivity contribution in [3.63, 3.8) is 0 Å². The lowest BCUT2D eigenvalue weighted by atomic mass is 10.0. The molecule has 96 valence electrons. The quantitative estimate of drug-likeness (QED) is 0.892. The van der Waals surface area contributed by atoms with Crippen LogP contribution < -0.4 is 5.32 Å². The molecule has 1 aromatic rings. The average molecular weight is 247 g/mol. The SMILES string of the molecule is CN1CCCCC1CNc1ccc(F)c(C#N)c1. The lowest BCUT2D eigenvalue weighted by molar-refractivity contribution is 0.194. The van der Waals surface area contributed by atoms with Gasteiger partial charge >= 0.3 is 0 Å². The number of benzene rings is 1. The van der Waals surface area contributed by atoms with Gasteiger partial charge in [-0.15, -0.1) is 0 Å². The molecule has 1 aromatic carbocycles. The molecule has 0 spiro atoms. The zero-order valence-electron chi connectivity index (χ0n) is 10.6. The van der Waals surface area contributed by atoms with Crippen LogP contribution in [0.2, 0.25) is 0 Å². The highest BCUT2D eigenvalue weighted by Gasteiger charge is 2.18. The van der Waals surface area contributed by atoms with Gasteiger partial charge in [0.25, 0.3) is 0 Å². The number of nitrogens with one attached hydrogen (secondary N) is 1. The molecule has 0 aliphatic carbocycles. The number of nitrogens with zero attached hydrogens (tertiary/aromatic N) is 2. The molecule has 18 heavy (non-hydrogen) atoms. The summed E-state index contributed by atoms with van der Waals surface area (Å²) in [6, 6.07) is 6.97. The Bertz CT molecular complexity index is 453. The fourth-order valence-corrected chi connectivity index (χ4v) is 2.36. The van der Waals surface area contributed by atoms with Gasteiger partial charge in [-0.25, -0.2) is 4.39 Å². The van der Waals surface area contributed by atoms with Crippen LogP contribution in [-0.4, -0.2) is 31.1 Å². The van der Waals surface area contributed by atoms with E-state index in [4.69, 9.17) is 5.26 Å². The number of hydrogen-bond acceptors (Lipinski definition) is 3. The number of halogens is 1. The highest BCUT2D eigenvalue weighted by Crippen LogP contribution is 2.17. The van der Waals surface area contributed by atoms with Gasteiger partial charge in [0.2, 0.25) is 0 Å². The summed E-state index contributed by atoms with van der Waals surface area (Å²) in [5.74, 6) is -0.460. The van der Waals surface area contributed by atoms with Gasteiger partial charge in [-0.05, 0) is 44.6 Å². The van der Waals surface area contributed by atoms with Crippen LogP contribution in [0, 0.1) is 17.1 Å². The second-order valence-corrected chi connectivity index (χ2v) is 4.82. The van der Waals surface area contributed by atoms with Crippen LogP contribution in [0.5, 0.6) is 0 Å². The predicted octanol–water partition coefficient (Wildman–Crippen LogP) is 2.59. The van der Waals surface area contributed by atoms with Crippen molar-refractivity contribution in [1.29, 1.82) is 5.26 Å². The van der Waals surface area contributed by atoms with Gasteiger partial charge in [0.1, 0.15) is 11.9 Å². The fourth-order valence-electron chi connectivity index (χ4n) is 2.36. The molecule has 1 fully saturated rings. The molecule has 0 bridgehead atoms. The summed E-state index contributed by atoms with van der Waals surface area (Å²) in [5, 5.41) is 12.1. The lowest BCUT2D eigenvalue weighted by Crippen LogP contribution is -2.40. The van der Waals surface area contributed by atoms with Crippen LogP contribution in [0.1, 0.15) is 24.8 Å². The van der Waals surface area contributed by atoms with Crippen molar-refractivity contribution in [2.24, 2.45) is 0 Å². The van der Waals surface area contributed by atoms with Crippen molar-refractivity contribution in [1.82, 2.24) is 4.90 Å². The zero-order chi connectivity index (χ0) is 13.0. The van der Waals surface area contributed by atoms with Crippen molar-refractivity contribution in [3.05, 3.63) is 29.6 Å². The molecule has 0 saturated carbocycles. The summed E-state index contributed by atoms with van der Waals surface area (Å²) in [7, 11) is 2.14. The first-order valence-electron chi connectivity index (χ1n) is 6.34. The Kier molecular flexibility index (Phi) is 4.16. The molecule has 1 saturated heterocycles. The zero-order valence-corrected chi connectivity index (χ0v) is 10.6. The van der Waals surface area contributed by atoms with E-state index in [0.29, 0.717) is 6.04 Å². The van der Waals surface area contributed by atoms with Crippen molar-refractivity contribution in [3.8, 4) is 6.07 Å². The van der Waals surface area contributed by atoms with E-state index in [2.05, 4.69) is 17.3 Å². The minimum atomic E-state index is -0.460. The number of likely N-dealkylation sites (N-methyl/N-ethyl adjacent to an activating group) is 1. The number of nitriles is 1. The van der Waals surface area contributed by atoms with E-state index >= 15 is 0 Å². The number of hydrogen-bond donors (Lipinski definition) is 1. The van der Waals surface area contributed by atoms with Crippen LogP contribution in [0.25, 0.3) is 0 Å². The molecule has 1 heterocycles. The van der Waals surface area contributed by atoms with E-state index in [0.717, 1.165) is 18.8 Å². The van der Waals surface area contributed by atoms with Gasteiger partial charge in [-0.1, -0.05) is 6.42 Å². The summed E-state index contributed by atoms with van der Waals surface area (Å²) >= 11 is 0. The maximum absolute atomic E-state index is 13.2. The van der Waals surface area contributed by atoms with Crippen molar-refractivity contribution < 1.29 is 4.39 Å². The molecule has 1 atom stereocenters. The molecule has 2 rings (SSSR count). The molecule has 1 aliphatic rings. The van der Waals surface area contributed by atoms with Crippen LogP contribution in [0.3, 0.4) is 0 Å². The highest BCUT2D eigenvalue weighted by atomic mass is 19.1. The van der Waals surface area contributed by atoms with Crippen molar-refractivity contribution >= 4 is 5.69 Å². The van der Waals surface area contributed by atoms with E-state index < -0.39 is 5.82 Å². The van der Waals surface area contributed by atoms with Gasteiger partial charge in [0, 0.05) is 18.3 Å². The number of rotatable bonds is 3. The normalized spacial score (nSPS) is 20.4. The summed E-state index contributed by atoms with van der Waals surface area (Å²) < 4.78 is 13.2. The van der Waals surface area contributed by atoms with Crippen LogP contribution >= 0.6 is 0 Å². The van der Waals surface area contributed by atoms with Gasteiger partial charge < -0.3 is 10.2 Å². The minimum absolute atomic E-state index is 0.0944. The molecule has 0 amide bonds. The summed E-state index contributed by atoms with van der Waals surface area (Å²) in [5.41, 5.74) is 0.906. The van der Waals surface area contributed by atoms with Gasteiger partial charge in [-0.3, -0.25) is 0 Å². The van der Waals surface area contributed by atoms with Gasteiger partial charge in [0.15, 0.2) is 0 Å². The molecule has 3 nitrogen and oxygen atoms in total. The molecule has 1 unspecified atom stereocenters. The third-order valence-corrected chi connectivity index (χ3v) is 3.55. The maximum Gasteiger partial charge on any atom is 0.141 e. The number of piperidine rings is 1. The number of likely N-dealkylation sites (tertiary alicyclic amines) is 1. The summed E-state index contributed by atoms with van der Waals surface area (Å²) in [4.78, 5) is 2.35. The molecule has 0 radical (unpaired) electrons. The Labute approximate surface area is 107 Å². The van der Waals surface area contributed by atoms with E-state index in [1.807, 2.05) is 6.07 Å². The van der Waals surface area contributed by atoms with Crippen LogP contribution in [-0.2, 0) is 0 Å². The van der Waals surface area contributed by atoms with Gasteiger partial charge in [-0.2, -0.15) is 5.26 Å². The summed E-state index contributed by atoms with van der Waals surface area (Å²) in [6.45, 7) is 1.98. The molecule has 1 N–H and O–H groups in total. The third-order valence-electron chi connectivity index (χ3n) is 3.55. The Morgan fingerprint density at radius 1 is 1.50 bits per heavy atom. The van der Waals surface area contributed by atoms with E-state index in [1.165, 1.54) is 25.3 Å². The number of anilines is 1. The van der Waals surface area contributed by atoms with E-state index in [1.54, 1.807) is 12.1 Å². The molecular formula is C14H18FN3. The minimum Gasteiger partial charge on any atom is -0.383 e. The molecule has 1 aliphatic heterocycles. The average Bonchev–Trinajstić information content (AvgIpc) is 2.39. The van der Waals surface area contributed by atoms with E-state index in [9.17, 15) is 4.39 Å². The van der Waals surface area contributed by atoms with Crippen molar-refractivity contribution in [2.45, 2.75) is 25.3 Å². The second kappa shape index (κ2) is 5.83. The maximum atomic E-state index is 13.2. The summed E-state index contributed by atoms with van der Waals surface area (Å²) in [6.07, 6.45) is 3.72. The molecular weight excluding hydrogens is 229 g/mol. The first kappa shape index (κ1) is 12.8. The Hall–Kier alpha value is -1.60. The topological polar surface area (TPSA) is 39.1 Å². The highest BCUT2D eigenvalue weighted by molar-refractivity contribution is 5.49. The lowest BCUT2D eigenvalue weighted by Gasteiger charge is -2.32.